The van der Waals surface area contributed by atoms with Crippen LogP contribution in [0.25, 0.3) is 0 Å². The zero-order valence-corrected chi connectivity index (χ0v) is 10.5. The Labute approximate surface area is 96.4 Å². The van der Waals surface area contributed by atoms with E-state index in [1.165, 1.54) is 0 Å². The SMILES string of the molecule is COCc1nnc2n1CCN(C(C)C)[C@H]2C. The van der Waals surface area contributed by atoms with E-state index in [0.29, 0.717) is 18.7 Å². The van der Waals surface area contributed by atoms with Crippen LogP contribution < -0.4 is 0 Å². The molecule has 5 nitrogen and oxygen atoms in total. The van der Waals surface area contributed by atoms with Crippen molar-refractivity contribution in [3.63, 3.8) is 0 Å². The zero-order chi connectivity index (χ0) is 11.7. The summed E-state index contributed by atoms with van der Waals surface area (Å²) in [6.07, 6.45) is 0. The lowest BCUT2D eigenvalue weighted by molar-refractivity contribution is 0.119. The molecule has 2 heterocycles. The van der Waals surface area contributed by atoms with Crippen LogP contribution in [0.15, 0.2) is 0 Å². The maximum Gasteiger partial charge on any atom is 0.159 e. The fraction of sp³-hybridized carbons (Fsp3) is 0.818. The second-order valence-electron chi connectivity index (χ2n) is 4.57. The van der Waals surface area contributed by atoms with E-state index in [1.54, 1.807) is 7.11 Å². The van der Waals surface area contributed by atoms with Crippen LogP contribution in [0.4, 0.5) is 0 Å². The van der Waals surface area contributed by atoms with Crippen LogP contribution in [0.5, 0.6) is 0 Å². The average Bonchev–Trinajstić information content (AvgIpc) is 2.63. The van der Waals surface area contributed by atoms with Crippen LogP contribution >= 0.6 is 0 Å². The highest BCUT2D eigenvalue weighted by Crippen LogP contribution is 2.25. The van der Waals surface area contributed by atoms with E-state index in [4.69, 9.17) is 4.74 Å². The van der Waals surface area contributed by atoms with E-state index in [-0.39, 0.29) is 0 Å². The first-order valence-corrected chi connectivity index (χ1v) is 5.81. The molecule has 0 bridgehead atoms. The van der Waals surface area contributed by atoms with Gasteiger partial charge in [0.15, 0.2) is 5.82 Å². The van der Waals surface area contributed by atoms with Gasteiger partial charge in [-0.05, 0) is 20.8 Å². The van der Waals surface area contributed by atoms with E-state index in [1.807, 2.05) is 0 Å². The molecule has 0 saturated carbocycles. The van der Waals surface area contributed by atoms with E-state index in [0.717, 1.165) is 24.7 Å². The van der Waals surface area contributed by atoms with E-state index in [9.17, 15) is 0 Å². The highest BCUT2D eigenvalue weighted by molar-refractivity contribution is 5.04. The number of nitrogens with zero attached hydrogens (tertiary/aromatic N) is 4. The van der Waals surface area contributed by atoms with Gasteiger partial charge in [-0.2, -0.15) is 0 Å². The Balaban J connectivity index is 2.25. The molecule has 0 saturated heterocycles. The molecule has 0 fully saturated rings. The van der Waals surface area contributed by atoms with Gasteiger partial charge in [-0.25, -0.2) is 0 Å². The highest BCUT2D eigenvalue weighted by atomic mass is 16.5. The molecule has 1 atom stereocenters. The fourth-order valence-corrected chi connectivity index (χ4v) is 2.40. The number of methoxy groups -OCH3 is 1. The van der Waals surface area contributed by atoms with Gasteiger partial charge in [-0.1, -0.05) is 0 Å². The first-order chi connectivity index (χ1) is 7.65. The minimum Gasteiger partial charge on any atom is -0.377 e. The van der Waals surface area contributed by atoms with Gasteiger partial charge in [0.05, 0.1) is 6.04 Å². The second-order valence-corrected chi connectivity index (χ2v) is 4.57. The average molecular weight is 224 g/mol. The lowest BCUT2D eigenvalue weighted by atomic mass is 10.1. The topological polar surface area (TPSA) is 43.2 Å². The molecular formula is C11H20N4O. The summed E-state index contributed by atoms with van der Waals surface area (Å²) in [6, 6.07) is 0.887. The molecule has 1 aromatic heterocycles. The molecule has 0 aromatic carbocycles. The van der Waals surface area contributed by atoms with Gasteiger partial charge in [0, 0.05) is 26.2 Å². The Hall–Kier alpha value is -0.940. The summed E-state index contributed by atoms with van der Waals surface area (Å²) in [4.78, 5) is 2.45. The van der Waals surface area contributed by atoms with Crippen LogP contribution in [0.2, 0.25) is 0 Å². The van der Waals surface area contributed by atoms with E-state index in [2.05, 4.69) is 40.4 Å². The van der Waals surface area contributed by atoms with Crippen molar-refractivity contribution in [1.82, 2.24) is 19.7 Å². The second kappa shape index (κ2) is 4.51. The van der Waals surface area contributed by atoms with Crippen molar-refractivity contribution in [2.24, 2.45) is 0 Å². The molecule has 0 aliphatic carbocycles. The smallest absolute Gasteiger partial charge is 0.159 e. The quantitative estimate of drug-likeness (QED) is 0.774. The molecule has 1 aliphatic heterocycles. The third kappa shape index (κ3) is 1.85. The molecule has 90 valence electrons. The summed E-state index contributed by atoms with van der Waals surface area (Å²) in [7, 11) is 1.69. The van der Waals surface area contributed by atoms with Crippen molar-refractivity contribution in [3.05, 3.63) is 11.6 Å². The third-order valence-corrected chi connectivity index (χ3v) is 3.25. The summed E-state index contributed by atoms with van der Waals surface area (Å²) >= 11 is 0. The zero-order valence-electron chi connectivity index (χ0n) is 10.5. The largest absolute Gasteiger partial charge is 0.377 e. The van der Waals surface area contributed by atoms with Crippen LogP contribution in [0.3, 0.4) is 0 Å². The maximum absolute atomic E-state index is 5.12. The monoisotopic (exact) mass is 224 g/mol. The Morgan fingerprint density at radius 3 is 2.75 bits per heavy atom. The molecule has 0 radical (unpaired) electrons. The molecule has 0 unspecified atom stereocenters. The predicted molar refractivity (Wildman–Crippen MR) is 61.0 cm³/mol. The first-order valence-electron chi connectivity index (χ1n) is 5.81. The van der Waals surface area contributed by atoms with Crippen molar-refractivity contribution in [2.75, 3.05) is 13.7 Å². The van der Waals surface area contributed by atoms with Crippen LogP contribution in [-0.2, 0) is 17.9 Å². The van der Waals surface area contributed by atoms with Crippen molar-refractivity contribution in [2.45, 2.75) is 46.0 Å². The van der Waals surface area contributed by atoms with Crippen LogP contribution in [0.1, 0.15) is 38.5 Å². The van der Waals surface area contributed by atoms with Crippen molar-refractivity contribution in [1.29, 1.82) is 0 Å². The predicted octanol–water partition coefficient (Wildman–Crippen LogP) is 1.21. The normalized spacial score (nSPS) is 21.4. The van der Waals surface area contributed by atoms with Crippen molar-refractivity contribution >= 4 is 0 Å². The molecule has 0 spiro atoms. The van der Waals surface area contributed by atoms with Crippen molar-refractivity contribution in [3.8, 4) is 0 Å². The minimum absolute atomic E-state index is 0.340. The summed E-state index contributed by atoms with van der Waals surface area (Å²) in [5.74, 6) is 2.00. The molecule has 16 heavy (non-hydrogen) atoms. The summed E-state index contributed by atoms with van der Waals surface area (Å²) in [5, 5.41) is 8.47. The van der Waals surface area contributed by atoms with E-state index < -0.39 is 0 Å². The highest BCUT2D eigenvalue weighted by Gasteiger charge is 2.29. The Kier molecular flexibility index (Phi) is 3.25. The number of hydrogen-bond acceptors (Lipinski definition) is 4. The lowest BCUT2D eigenvalue weighted by Crippen LogP contribution is -2.41. The number of fused-ring (bicyclic) bond motifs is 1. The molecule has 0 N–H and O–H groups in total. The van der Waals surface area contributed by atoms with Gasteiger partial charge in [-0.3, -0.25) is 4.90 Å². The van der Waals surface area contributed by atoms with Gasteiger partial charge in [0.2, 0.25) is 0 Å². The van der Waals surface area contributed by atoms with Gasteiger partial charge < -0.3 is 9.30 Å². The van der Waals surface area contributed by atoms with Gasteiger partial charge in [0.25, 0.3) is 0 Å². The van der Waals surface area contributed by atoms with Gasteiger partial charge >= 0.3 is 0 Å². The lowest BCUT2D eigenvalue weighted by Gasteiger charge is -2.36. The molecule has 0 amide bonds. The fourth-order valence-electron chi connectivity index (χ4n) is 2.40. The number of ether oxygens (including phenoxy) is 1. The molecular weight excluding hydrogens is 204 g/mol. The Morgan fingerprint density at radius 2 is 2.12 bits per heavy atom. The number of hydrogen-bond donors (Lipinski definition) is 0. The van der Waals surface area contributed by atoms with E-state index >= 15 is 0 Å². The summed E-state index contributed by atoms with van der Waals surface area (Å²) in [6.45, 7) is 9.19. The minimum atomic E-state index is 0.340. The molecule has 2 rings (SSSR count). The Morgan fingerprint density at radius 1 is 1.38 bits per heavy atom. The van der Waals surface area contributed by atoms with Gasteiger partial charge in [-0.15, -0.1) is 10.2 Å². The number of rotatable bonds is 3. The molecule has 1 aromatic rings. The molecule has 5 heteroatoms. The van der Waals surface area contributed by atoms with Crippen LogP contribution in [-0.4, -0.2) is 39.4 Å². The van der Waals surface area contributed by atoms with Crippen LogP contribution in [0, 0.1) is 0 Å². The van der Waals surface area contributed by atoms with Crippen molar-refractivity contribution < 1.29 is 4.74 Å². The first kappa shape index (κ1) is 11.5. The maximum atomic E-state index is 5.12. The Bertz CT molecular complexity index is 361. The third-order valence-electron chi connectivity index (χ3n) is 3.25. The molecule has 1 aliphatic rings. The number of aromatic nitrogens is 3. The van der Waals surface area contributed by atoms with Gasteiger partial charge in [0.1, 0.15) is 12.4 Å². The standard InChI is InChI=1S/C11H20N4O/c1-8(2)14-5-6-15-10(7-16-4)12-13-11(15)9(14)3/h8-9H,5-7H2,1-4H3/t9-/m0/s1. The summed E-state index contributed by atoms with van der Waals surface area (Å²) in [5.41, 5.74) is 0. The summed E-state index contributed by atoms with van der Waals surface area (Å²) < 4.78 is 7.31.